The number of carbonyl (C=O) groups is 1. The van der Waals surface area contributed by atoms with E-state index in [9.17, 15) is 4.79 Å². The molecule has 0 aromatic heterocycles. The van der Waals surface area contributed by atoms with Crippen LogP contribution in [0.2, 0.25) is 0 Å². The second-order valence-electron chi connectivity index (χ2n) is 6.14. The molecule has 1 amide bonds. The SMILES string of the molecule is Cc1ccc(N(C)C2c3ccccc3C(=O)N2C)c(C)c1C. The molecule has 0 saturated heterocycles. The van der Waals surface area contributed by atoms with E-state index >= 15 is 0 Å². The van der Waals surface area contributed by atoms with Crippen LogP contribution in [0.3, 0.4) is 0 Å². The molecule has 3 rings (SSSR count). The van der Waals surface area contributed by atoms with E-state index in [0.29, 0.717) is 0 Å². The molecule has 0 fully saturated rings. The highest BCUT2D eigenvalue weighted by Crippen LogP contribution is 2.38. The Kier molecular flexibility index (Phi) is 3.44. The predicted molar refractivity (Wildman–Crippen MR) is 90.3 cm³/mol. The van der Waals surface area contributed by atoms with Gasteiger partial charge in [0.05, 0.1) is 0 Å². The van der Waals surface area contributed by atoms with Crippen LogP contribution in [-0.4, -0.2) is 24.9 Å². The number of amides is 1. The Morgan fingerprint density at radius 3 is 2.41 bits per heavy atom. The van der Waals surface area contributed by atoms with Gasteiger partial charge in [-0.05, 0) is 49.6 Å². The van der Waals surface area contributed by atoms with Crippen LogP contribution in [-0.2, 0) is 0 Å². The van der Waals surface area contributed by atoms with Crippen molar-refractivity contribution in [1.29, 1.82) is 0 Å². The maximum absolute atomic E-state index is 12.4. The minimum Gasteiger partial charge on any atom is -0.350 e. The van der Waals surface area contributed by atoms with Crippen LogP contribution < -0.4 is 4.90 Å². The van der Waals surface area contributed by atoms with Gasteiger partial charge in [-0.3, -0.25) is 4.79 Å². The molecule has 3 heteroatoms. The third kappa shape index (κ3) is 2.00. The van der Waals surface area contributed by atoms with E-state index in [1.807, 2.05) is 36.2 Å². The van der Waals surface area contributed by atoms with Crippen LogP contribution in [0.4, 0.5) is 5.69 Å². The van der Waals surface area contributed by atoms with Crippen molar-refractivity contribution in [2.45, 2.75) is 26.9 Å². The van der Waals surface area contributed by atoms with Crippen LogP contribution in [0.5, 0.6) is 0 Å². The van der Waals surface area contributed by atoms with Gasteiger partial charge < -0.3 is 9.80 Å². The van der Waals surface area contributed by atoms with Crippen LogP contribution in [0.25, 0.3) is 0 Å². The standard InChI is InChI=1S/C19H22N2O/c1-12-10-11-17(14(3)13(12)2)20(4)18-15-8-6-7-9-16(15)19(22)21(18)5/h6-11,18H,1-5H3. The van der Waals surface area contributed by atoms with E-state index in [1.54, 1.807) is 0 Å². The molecule has 0 radical (unpaired) electrons. The monoisotopic (exact) mass is 294 g/mol. The van der Waals surface area contributed by atoms with E-state index in [2.05, 4.69) is 44.9 Å². The van der Waals surface area contributed by atoms with E-state index in [-0.39, 0.29) is 12.1 Å². The first-order chi connectivity index (χ1) is 10.4. The first-order valence-electron chi connectivity index (χ1n) is 7.59. The minimum atomic E-state index is -0.0514. The summed E-state index contributed by atoms with van der Waals surface area (Å²) >= 11 is 0. The number of rotatable bonds is 2. The van der Waals surface area contributed by atoms with E-state index < -0.39 is 0 Å². The summed E-state index contributed by atoms with van der Waals surface area (Å²) in [7, 11) is 3.94. The molecule has 114 valence electrons. The molecule has 0 aliphatic carbocycles. The molecule has 0 N–H and O–H groups in total. The molecule has 1 unspecified atom stereocenters. The summed E-state index contributed by atoms with van der Waals surface area (Å²) in [6, 6.07) is 12.2. The number of hydrogen-bond acceptors (Lipinski definition) is 2. The molecular formula is C19H22N2O. The molecular weight excluding hydrogens is 272 g/mol. The highest BCUT2D eigenvalue weighted by atomic mass is 16.2. The van der Waals surface area contributed by atoms with Gasteiger partial charge in [0, 0.05) is 30.9 Å². The summed E-state index contributed by atoms with van der Waals surface area (Å²) in [6.45, 7) is 6.43. The van der Waals surface area contributed by atoms with Gasteiger partial charge in [-0.25, -0.2) is 0 Å². The first kappa shape index (κ1) is 14.6. The number of fused-ring (bicyclic) bond motifs is 1. The van der Waals surface area contributed by atoms with Gasteiger partial charge in [0.1, 0.15) is 6.17 Å². The largest absolute Gasteiger partial charge is 0.350 e. The molecule has 1 aliphatic heterocycles. The van der Waals surface area contributed by atoms with Crippen LogP contribution in [0, 0.1) is 20.8 Å². The van der Waals surface area contributed by atoms with Crippen molar-refractivity contribution in [1.82, 2.24) is 4.90 Å². The van der Waals surface area contributed by atoms with E-state index in [1.165, 1.54) is 22.4 Å². The Hall–Kier alpha value is -2.29. The van der Waals surface area contributed by atoms with Crippen LogP contribution >= 0.6 is 0 Å². The lowest BCUT2D eigenvalue weighted by atomic mass is 10.0. The smallest absolute Gasteiger partial charge is 0.255 e. The van der Waals surface area contributed by atoms with Gasteiger partial charge in [-0.1, -0.05) is 24.3 Å². The van der Waals surface area contributed by atoms with Gasteiger partial charge in [-0.15, -0.1) is 0 Å². The molecule has 1 atom stereocenters. The summed E-state index contributed by atoms with van der Waals surface area (Å²) in [5, 5.41) is 0. The van der Waals surface area contributed by atoms with E-state index in [4.69, 9.17) is 0 Å². The third-order valence-electron chi connectivity index (χ3n) is 4.93. The van der Waals surface area contributed by atoms with E-state index in [0.717, 1.165) is 11.1 Å². The fraction of sp³-hybridized carbons (Fsp3) is 0.316. The fourth-order valence-electron chi connectivity index (χ4n) is 3.35. The zero-order chi connectivity index (χ0) is 16.0. The lowest BCUT2D eigenvalue weighted by molar-refractivity contribution is 0.0774. The second kappa shape index (κ2) is 5.16. The Bertz CT molecular complexity index is 751. The fourth-order valence-corrected chi connectivity index (χ4v) is 3.35. The Balaban J connectivity index is 2.08. The Morgan fingerprint density at radius 2 is 1.68 bits per heavy atom. The van der Waals surface area contributed by atoms with Crippen molar-refractivity contribution >= 4 is 11.6 Å². The second-order valence-corrected chi connectivity index (χ2v) is 6.14. The lowest BCUT2D eigenvalue weighted by Gasteiger charge is -2.34. The third-order valence-corrected chi connectivity index (χ3v) is 4.93. The van der Waals surface area contributed by atoms with Gasteiger partial charge in [0.25, 0.3) is 5.91 Å². The number of nitrogens with zero attached hydrogens (tertiary/aromatic N) is 2. The predicted octanol–water partition coefficient (Wildman–Crippen LogP) is 3.83. The normalized spacial score (nSPS) is 16.9. The Labute approximate surface area is 132 Å². The number of carbonyl (C=O) groups excluding carboxylic acids is 1. The molecule has 2 aromatic carbocycles. The average molecular weight is 294 g/mol. The molecule has 0 spiro atoms. The Morgan fingerprint density at radius 1 is 1.00 bits per heavy atom. The highest BCUT2D eigenvalue weighted by molar-refractivity contribution is 5.99. The van der Waals surface area contributed by atoms with Crippen molar-refractivity contribution in [2.75, 3.05) is 19.0 Å². The van der Waals surface area contributed by atoms with Crippen LogP contribution in [0.1, 0.15) is 38.8 Å². The topological polar surface area (TPSA) is 23.6 Å². The quantitative estimate of drug-likeness (QED) is 0.840. The first-order valence-corrected chi connectivity index (χ1v) is 7.59. The summed E-state index contributed by atoms with van der Waals surface area (Å²) in [6.07, 6.45) is -0.0514. The van der Waals surface area contributed by atoms with Gasteiger partial charge in [-0.2, -0.15) is 0 Å². The van der Waals surface area contributed by atoms with Crippen molar-refractivity contribution < 1.29 is 4.79 Å². The van der Waals surface area contributed by atoms with Crippen molar-refractivity contribution in [3.8, 4) is 0 Å². The number of anilines is 1. The lowest BCUT2D eigenvalue weighted by Crippen LogP contribution is -2.35. The molecule has 1 aliphatic rings. The van der Waals surface area contributed by atoms with Gasteiger partial charge in [0.15, 0.2) is 0 Å². The van der Waals surface area contributed by atoms with Crippen molar-refractivity contribution in [3.63, 3.8) is 0 Å². The van der Waals surface area contributed by atoms with Crippen molar-refractivity contribution in [2.24, 2.45) is 0 Å². The summed E-state index contributed by atoms with van der Waals surface area (Å²) in [5.74, 6) is 0.0916. The van der Waals surface area contributed by atoms with Crippen LogP contribution in [0.15, 0.2) is 36.4 Å². The van der Waals surface area contributed by atoms with Gasteiger partial charge >= 0.3 is 0 Å². The maximum Gasteiger partial charge on any atom is 0.255 e. The maximum atomic E-state index is 12.4. The number of aryl methyl sites for hydroxylation is 1. The molecule has 1 heterocycles. The average Bonchev–Trinajstić information content (AvgIpc) is 2.77. The highest BCUT2D eigenvalue weighted by Gasteiger charge is 2.36. The molecule has 2 aromatic rings. The zero-order valence-corrected chi connectivity index (χ0v) is 13.8. The van der Waals surface area contributed by atoms with Gasteiger partial charge in [0.2, 0.25) is 0 Å². The molecule has 22 heavy (non-hydrogen) atoms. The molecule has 0 bridgehead atoms. The minimum absolute atomic E-state index is 0.0514. The summed E-state index contributed by atoms with van der Waals surface area (Å²) in [5.41, 5.74) is 6.94. The molecule has 3 nitrogen and oxygen atoms in total. The number of benzene rings is 2. The summed E-state index contributed by atoms with van der Waals surface area (Å²) < 4.78 is 0. The molecule has 0 saturated carbocycles. The summed E-state index contributed by atoms with van der Waals surface area (Å²) in [4.78, 5) is 16.5. The zero-order valence-electron chi connectivity index (χ0n) is 13.8. The number of hydrogen-bond donors (Lipinski definition) is 0. The van der Waals surface area contributed by atoms with Crippen molar-refractivity contribution in [3.05, 3.63) is 64.2 Å².